The van der Waals surface area contributed by atoms with Crippen molar-refractivity contribution in [2.24, 2.45) is 0 Å². The second-order valence-electron chi connectivity index (χ2n) is 5.97. The van der Waals surface area contributed by atoms with Crippen LogP contribution in [0.1, 0.15) is 11.1 Å². The van der Waals surface area contributed by atoms with E-state index in [1.165, 1.54) is 6.07 Å². The second-order valence-corrected chi connectivity index (χ2v) is 5.97. The van der Waals surface area contributed by atoms with Crippen molar-refractivity contribution < 1.29 is 13.9 Å². The van der Waals surface area contributed by atoms with E-state index in [9.17, 15) is 9.18 Å². The number of nitrogens with zero attached hydrogens (tertiary/aromatic N) is 1. The maximum atomic E-state index is 13.2. The Morgan fingerprint density at radius 3 is 2.62 bits per heavy atom. The SMILES string of the molecule is CNCC1CN(c2ccc(CCc3cccc(F)c3)cc2)C(=O)O1. The van der Waals surface area contributed by atoms with E-state index in [0.717, 1.165) is 29.7 Å². The molecule has 0 spiro atoms. The number of carbonyl (C=O) groups is 1. The van der Waals surface area contributed by atoms with Crippen molar-refractivity contribution in [2.75, 3.05) is 25.0 Å². The number of carbonyl (C=O) groups excluding carboxylic acids is 1. The summed E-state index contributed by atoms with van der Waals surface area (Å²) < 4.78 is 18.5. The maximum Gasteiger partial charge on any atom is 0.414 e. The average molecular weight is 328 g/mol. The molecule has 0 bridgehead atoms. The fourth-order valence-electron chi connectivity index (χ4n) is 2.89. The van der Waals surface area contributed by atoms with Gasteiger partial charge in [-0.05, 0) is 55.3 Å². The Morgan fingerprint density at radius 2 is 1.92 bits per heavy atom. The topological polar surface area (TPSA) is 41.6 Å². The van der Waals surface area contributed by atoms with Gasteiger partial charge in [0.15, 0.2) is 0 Å². The fourth-order valence-corrected chi connectivity index (χ4v) is 2.89. The van der Waals surface area contributed by atoms with Gasteiger partial charge in [-0.1, -0.05) is 24.3 Å². The smallest absolute Gasteiger partial charge is 0.414 e. The van der Waals surface area contributed by atoms with Crippen LogP contribution in [0.3, 0.4) is 0 Å². The number of amides is 1. The van der Waals surface area contributed by atoms with Crippen molar-refractivity contribution in [3.63, 3.8) is 0 Å². The fraction of sp³-hybridized carbons (Fsp3) is 0.316. The summed E-state index contributed by atoms with van der Waals surface area (Å²) in [7, 11) is 1.84. The number of nitrogens with one attached hydrogen (secondary N) is 1. The van der Waals surface area contributed by atoms with E-state index in [2.05, 4.69) is 5.32 Å². The van der Waals surface area contributed by atoms with Crippen LogP contribution in [0.25, 0.3) is 0 Å². The summed E-state index contributed by atoms with van der Waals surface area (Å²) in [5, 5.41) is 3.02. The summed E-state index contributed by atoms with van der Waals surface area (Å²) in [6.07, 6.45) is 1.20. The molecule has 0 aliphatic carbocycles. The minimum atomic E-state index is -0.303. The van der Waals surface area contributed by atoms with Crippen LogP contribution in [0.2, 0.25) is 0 Å². The Bertz CT molecular complexity index is 703. The molecule has 1 atom stereocenters. The first kappa shape index (κ1) is 16.5. The summed E-state index contributed by atoms with van der Waals surface area (Å²) in [5.41, 5.74) is 2.98. The molecule has 0 radical (unpaired) electrons. The number of rotatable bonds is 6. The molecule has 2 aromatic rings. The van der Waals surface area contributed by atoms with Gasteiger partial charge in [-0.15, -0.1) is 0 Å². The third kappa shape index (κ3) is 3.92. The molecule has 1 unspecified atom stereocenters. The quantitative estimate of drug-likeness (QED) is 0.886. The number of hydrogen-bond acceptors (Lipinski definition) is 3. The summed E-state index contributed by atoms with van der Waals surface area (Å²) in [6, 6.07) is 14.6. The highest BCUT2D eigenvalue weighted by molar-refractivity contribution is 5.89. The van der Waals surface area contributed by atoms with Gasteiger partial charge in [-0.25, -0.2) is 9.18 Å². The van der Waals surface area contributed by atoms with Gasteiger partial charge >= 0.3 is 6.09 Å². The van der Waals surface area contributed by atoms with Crippen molar-refractivity contribution >= 4 is 11.8 Å². The molecule has 1 heterocycles. The number of anilines is 1. The van der Waals surface area contributed by atoms with E-state index in [-0.39, 0.29) is 18.0 Å². The molecule has 0 saturated carbocycles. The molecule has 24 heavy (non-hydrogen) atoms. The van der Waals surface area contributed by atoms with Crippen LogP contribution in [-0.2, 0) is 17.6 Å². The molecule has 5 heteroatoms. The Morgan fingerprint density at radius 1 is 1.17 bits per heavy atom. The number of likely N-dealkylation sites (N-methyl/N-ethyl adjacent to an activating group) is 1. The molecule has 0 aromatic heterocycles. The Kier molecular flexibility index (Phi) is 5.11. The lowest BCUT2D eigenvalue weighted by atomic mass is 10.0. The number of cyclic esters (lactones) is 1. The third-order valence-corrected chi connectivity index (χ3v) is 4.15. The zero-order valence-corrected chi connectivity index (χ0v) is 13.7. The molecular weight excluding hydrogens is 307 g/mol. The van der Waals surface area contributed by atoms with Crippen molar-refractivity contribution in [1.82, 2.24) is 5.32 Å². The average Bonchev–Trinajstić information content (AvgIpc) is 2.94. The molecule has 2 aromatic carbocycles. The molecule has 1 aliphatic rings. The number of benzene rings is 2. The second kappa shape index (κ2) is 7.45. The molecule has 1 saturated heterocycles. The van der Waals surface area contributed by atoms with E-state index in [1.54, 1.807) is 17.0 Å². The van der Waals surface area contributed by atoms with Gasteiger partial charge in [-0.3, -0.25) is 4.90 Å². The highest BCUT2D eigenvalue weighted by Crippen LogP contribution is 2.22. The van der Waals surface area contributed by atoms with Crippen LogP contribution >= 0.6 is 0 Å². The summed E-state index contributed by atoms with van der Waals surface area (Å²) in [6.45, 7) is 1.20. The molecule has 1 amide bonds. The standard InChI is InChI=1S/C19H21FN2O2/c1-21-12-18-13-22(19(23)24-18)17-9-7-14(8-10-17)5-6-15-3-2-4-16(20)11-15/h2-4,7-11,18,21H,5-6,12-13H2,1H3. The van der Waals surface area contributed by atoms with Gasteiger partial charge in [0.2, 0.25) is 0 Å². The summed E-state index contributed by atoms with van der Waals surface area (Å²) in [4.78, 5) is 13.6. The molecule has 1 aliphatic heterocycles. The monoisotopic (exact) mass is 328 g/mol. The summed E-state index contributed by atoms with van der Waals surface area (Å²) in [5.74, 6) is -0.202. The van der Waals surface area contributed by atoms with Gasteiger partial charge in [0.25, 0.3) is 0 Å². The van der Waals surface area contributed by atoms with Crippen molar-refractivity contribution in [3.05, 3.63) is 65.5 Å². The number of halogens is 1. The molecule has 3 rings (SSSR count). The lowest BCUT2D eigenvalue weighted by Crippen LogP contribution is -2.29. The normalized spacial score (nSPS) is 17.2. The number of hydrogen-bond donors (Lipinski definition) is 1. The van der Waals surface area contributed by atoms with Crippen LogP contribution in [0.15, 0.2) is 48.5 Å². The molecule has 126 valence electrons. The van der Waals surface area contributed by atoms with Crippen molar-refractivity contribution in [2.45, 2.75) is 18.9 Å². The van der Waals surface area contributed by atoms with E-state index >= 15 is 0 Å². The third-order valence-electron chi connectivity index (χ3n) is 4.15. The zero-order chi connectivity index (χ0) is 16.9. The lowest BCUT2D eigenvalue weighted by molar-refractivity contribution is 0.141. The first-order chi connectivity index (χ1) is 11.7. The maximum absolute atomic E-state index is 13.2. The Labute approximate surface area is 141 Å². The van der Waals surface area contributed by atoms with E-state index in [0.29, 0.717) is 13.1 Å². The predicted octanol–water partition coefficient (Wildman–Crippen LogP) is 3.16. The number of aryl methyl sites for hydroxylation is 2. The lowest BCUT2D eigenvalue weighted by Gasteiger charge is -2.13. The first-order valence-electron chi connectivity index (χ1n) is 8.12. The largest absolute Gasteiger partial charge is 0.443 e. The highest BCUT2D eigenvalue weighted by Gasteiger charge is 2.31. The predicted molar refractivity (Wildman–Crippen MR) is 91.8 cm³/mol. The Balaban J connectivity index is 1.60. The highest BCUT2D eigenvalue weighted by atomic mass is 19.1. The van der Waals surface area contributed by atoms with Crippen LogP contribution in [0.4, 0.5) is 14.9 Å². The molecular formula is C19H21FN2O2. The van der Waals surface area contributed by atoms with Crippen LogP contribution in [0, 0.1) is 5.82 Å². The minimum Gasteiger partial charge on any atom is -0.443 e. The van der Waals surface area contributed by atoms with Gasteiger partial charge in [0, 0.05) is 12.2 Å². The van der Waals surface area contributed by atoms with Crippen LogP contribution in [-0.4, -0.2) is 32.3 Å². The van der Waals surface area contributed by atoms with Crippen LogP contribution in [0.5, 0.6) is 0 Å². The first-order valence-corrected chi connectivity index (χ1v) is 8.12. The summed E-state index contributed by atoms with van der Waals surface area (Å²) >= 11 is 0. The van der Waals surface area contributed by atoms with Gasteiger partial charge in [-0.2, -0.15) is 0 Å². The van der Waals surface area contributed by atoms with Gasteiger partial charge in [0.05, 0.1) is 6.54 Å². The molecule has 1 N–H and O–H groups in total. The van der Waals surface area contributed by atoms with Gasteiger partial charge < -0.3 is 10.1 Å². The van der Waals surface area contributed by atoms with E-state index in [4.69, 9.17) is 4.74 Å². The minimum absolute atomic E-state index is 0.116. The number of ether oxygens (including phenoxy) is 1. The van der Waals surface area contributed by atoms with Crippen molar-refractivity contribution in [1.29, 1.82) is 0 Å². The zero-order valence-electron chi connectivity index (χ0n) is 13.7. The molecule has 4 nitrogen and oxygen atoms in total. The van der Waals surface area contributed by atoms with Crippen LogP contribution < -0.4 is 10.2 Å². The van der Waals surface area contributed by atoms with Crippen molar-refractivity contribution in [3.8, 4) is 0 Å². The van der Waals surface area contributed by atoms with E-state index < -0.39 is 0 Å². The van der Waals surface area contributed by atoms with E-state index in [1.807, 2.05) is 37.4 Å². The van der Waals surface area contributed by atoms with Gasteiger partial charge in [0.1, 0.15) is 11.9 Å². The Hall–Kier alpha value is -2.40. The molecule has 1 fully saturated rings.